The maximum absolute atomic E-state index is 5.83. The van der Waals surface area contributed by atoms with Crippen molar-refractivity contribution in [2.45, 2.75) is 13.8 Å². The molecule has 0 N–H and O–H groups in total. The number of para-hydroxylation sites is 1. The molecule has 0 aliphatic heterocycles. The quantitative estimate of drug-likeness (QED) is 0.741. The van der Waals surface area contributed by atoms with Crippen LogP contribution in [0.3, 0.4) is 0 Å². The van der Waals surface area contributed by atoms with Crippen LogP contribution < -0.4 is 4.74 Å². The van der Waals surface area contributed by atoms with Gasteiger partial charge in [-0.2, -0.15) is 5.10 Å². The van der Waals surface area contributed by atoms with E-state index in [1.807, 2.05) is 53.6 Å². The minimum atomic E-state index is 0.494. The Morgan fingerprint density at radius 2 is 1.86 bits per heavy atom. The van der Waals surface area contributed by atoms with E-state index in [4.69, 9.17) is 9.84 Å². The number of hydrogen-bond donors (Lipinski definition) is 0. The first kappa shape index (κ1) is 15.1. The summed E-state index contributed by atoms with van der Waals surface area (Å²) in [7, 11) is 0. The first-order valence-electron chi connectivity index (χ1n) is 7.32. The van der Waals surface area contributed by atoms with E-state index in [1.54, 1.807) is 0 Å². The maximum Gasteiger partial charge on any atom is 0.119 e. The number of allylic oxidation sites excluding steroid dienone is 4. The Bertz CT molecular complexity index is 566. The minimum absolute atomic E-state index is 0.494. The molecule has 0 saturated carbocycles. The molecule has 0 atom stereocenters. The molecule has 0 radical (unpaired) electrons. The van der Waals surface area contributed by atoms with Crippen molar-refractivity contribution in [3.05, 3.63) is 66.3 Å². The second-order valence-electron chi connectivity index (χ2n) is 4.77. The molecule has 110 valence electrons. The zero-order valence-electron chi connectivity index (χ0n) is 12.7. The summed E-state index contributed by atoms with van der Waals surface area (Å²) in [5, 5.41) is 6.72. The third-order valence-corrected chi connectivity index (χ3v) is 3.31. The Hall–Kier alpha value is -2.29. The number of hydrazone groups is 1. The smallest absolute Gasteiger partial charge is 0.119 e. The summed E-state index contributed by atoms with van der Waals surface area (Å²) in [6.45, 7) is 10.5. The van der Waals surface area contributed by atoms with Crippen molar-refractivity contribution >= 4 is 5.71 Å². The Morgan fingerprint density at radius 3 is 2.52 bits per heavy atom. The molecule has 1 aliphatic rings. The van der Waals surface area contributed by atoms with Crippen molar-refractivity contribution in [1.82, 2.24) is 5.01 Å². The van der Waals surface area contributed by atoms with Crippen molar-refractivity contribution in [3.8, 4) is 5.75 Å². The van der Waals surface area contributed by atoms with Crippen LogP contribution in [0.25, 0.3) is 0 Å². The first-order chi connectivity index (χ1) is 10.2. The van der Waals surface area contributed by atoms with Gasteiger partial charge in [-0.3, -0.25) is 5.01 Å². The lowest BCUT2D eigenvalue weighted by molar-refractivity contribution is 0.320. The molecule has 0 spiro atoms. The van der Waals surface area contributed by atoms with Gasteiger partial charge in [-0.1, -0.05) is 43.0 Å². The van der Waals surface area contributed by atoms with Crippen LogP contribution in [0.15, 0.2) is 71.4 Å². The van der Waals surface area contributed by atoms with Crippen molar-refractivity contribution in [3.63, 3.8) is 0 Å². The van der Waals surface area contributed by atoms with E-state index in [9.17, 15) is 0 Å². The molecule has 0 saturated heterocycles. The third kappa shape index (κ3) is 4.09. The Kier molecular flexibility index (Phi) is 5.38. The predicted molar refractivity (Wildman–Crippen MR) is 88.7 cm³/mol. The summed E-state index contributed by atoms with van der Waals surface area (Å²) in [6, 6.07) is 9.82. The highest BCUT2D eigenvalue weighted by atomic mass is 16.5. The monoisotopic (exact) mass is 282 g/mol. The maximum atomic E-state index is 5.83. The van der Waals surface area contributed by atoms with Crippen LogP contribution in [0, 0.1) is 0 Å². The van der Waals surface area contributed by atoms with Gasteiger partial charge in [0.25, 0.3) is 0 Å². The zero-order chi connectivity index (χ0) is 15.1. The van der Waals surface area contributed by atoms with Gasteiger partial charge in [0, 0.05) is 18.7 Å². The predicted octanol–water partition coefficient (Wildman–Crippen LogP) is 3.82. The second-order valence-corrected chi connectivity index (χ2v) is 4.77. The molecule has 0 fully saturated rings. The van der Waals surface area contributed by atoms with Crippen molar-refractivity contribution in [1.29, 1.82) is 0 Å². The molecule has 1 aromatic carbocycles. The molecule has 1 aromatic rings. The average Bonchev–Trinajstić information content (AvgIpc) is 2.53. The molecule has 21 heavy (non-hydrogen) atoms. The number of nitrogens with zero attached hydrogens (tertiary/aromatic N) is 2. The van der Waals surface area contributed by atoms with Gasteiger partial charge in [-0.25, -0.2) is 0 Å². The number of hydrogen-bond acceptors (Lipinski definition) is 3. The largest absolute Gasteiger partial charge is 0.489 e. The fraction of sp³-hybridized carbons (Fsp3) is 0.278. The number of ether oxygens (including phenoxy) is 1. The fourth-order valence-corrected chi connectivity index (χ4v) is 2.07. The van der Waals surface area contributed by atoms with Crippen LogP contribution in [0.5, 0.6) is 5.75 Å². The first-order valence-corrected chi connectivity index (χ1v) is 7.32. The summed E-state index contributed by atoms with van der Waals surface area (Å²) in [5.41, 5.74) is 2.89. The average molecular weight is 282 g/mol. The Balaban J connectivity index is 2.13. The topological polar surface area (TPSA) is 24.8 Å². The molecular formula is C18H22N2O. The van der Waals surface area contributed by atoms with E-state index in [1.165, 1.54) is 0 Å². The van der Waals surface area contributed by atoms with Crippen LogP contribution in [-0.4, -0.2) is 30.4 Å². The van der Waals surface area contributed by atoms with E-state index in [0.717, 1.165) is 35.7 Å². The summed E-state index contributed by atoms with van der Waals surface area (Å²) < 4.78 is 5.83. The Labute approximate surface area is 126 Å². The van der Waals surface area contributed by atoms with E-state index in [2.05, 4.69) is 20.4 Å². The molecule has 3 heteroatoms. The molecule has 0 heterocycles. The van der Waals surface area contributed by atoms with E-state index >= 15 is 0 Å². The fourth-order valence-electron chi connectivity index (χ4n) is 2.07. The number of rotatable bonds is 6. The second kappa shape index (κ2) is 7.48. The Morgan fingerprint density at radius 1 is 1.14 bits per heavy atom. The van der Waals surface area contributed by atoms with Crippen molar-refractivity contribution in [2.24, 2.45) is 5.10 Å². The summed E-state index contributed by atoms with van der Waals surface area (Å²) in [5.74, 6) is 0.862. The van der Waals surface area contributed by atoms with Crippen LogP contribution in [0.1, 0.15) is 13.8 Å². The minimum Gasteiger partial charge on any atom is -0.489 e. The standard InChI is InChI=1S/C18H22N2O/c1-4-20(5-2)19-18-15(3)10-9-11-16(18)14-21-17-12-7-6-8-13-17/h6-13H,3-5,14H2,1-2H3/b19-18-. The highest BCUT2D eigenvalue weighted by Gasteiger charge is 2.14. The van der Waals surface area contributed by atoms with Gasteiger partial charge in [0.05, 0.1) is 5.71 Å². The molecule has 1 aliphatic carbocycles. The van der Waals surface area contributed by atoms with Crippen LogP contribution in [0.4, 0.5) is 0 Å². The molecule has 2 rings (SSSR count). The van der Waals surface area contributed by atoms with Crippen LogP contribution in [0.2, 0.25) is 0 Å². The van der Waals surface area contributed by atoms with Gasteiger partial charge in [0.15, 0.2) is 0 Å². The van der Waals surface area contributed by atoms with Gasteiger partial charge in [0.1, 0.15) is 12.4 Å². The molecule has 0 amide bonds. The lowest BCUT2D eigenvalue weighted by Gasteiger charge is -2.20. The van der Waals surface area contributed by atoms with Gasteiger partial charge in [-0.05, 0) is 31.6 Å². The highest BCUT2D eigenvalue weighted by Crippen LogP contribution is 2.17. The SMILES string of the molecule is C=C1C=CC=C(COc2ccccc2)/C1=N\N(CC)CC. The van der Waals surface area contributed by atoms with E-state index in [0.29, 0.717) is 6.61 Å². The summed E-state index contributed by atoms with van der Waals surface area (Å²) in [6.07, 6.45) is 6.02. The van der Waals surface area contributed by atoms with Crippen LogP contribution >= 0.6 is 0 Å². The van der Waals surface area contributed by atoms with Crippen LogP contribution in [-0.2, 0) is 0 Å². The molecule has 0 aromatic heterocycles. The lowest BCUT2D eigenvalue weighted by atomic mass is 9.99. The molecule has 0 bridgehead atoms. The summed E-state index contributed by atoms with van der Waals surface area (Å²) in [4.78, 5) is 0. The number of benzene rings is 1. The van der Waals surface area contributed by atoms with Gasteiger partial charge in [-0.15, -0.1) is 0 Å². The van der Waals surface area contributed by atoms with Crippen molar-refractivity contribution in [2.75, 3.05) is 19.7 Å². The molecule has 0 unspecified atom stereocenters. The third-order valence-electron chi connectivity index (χ3n) is 3.31. The van der Waals surface area contributed by atoms with E-state index < -0.39 is 0 Å². The zero-order valence-corrected chi connectivity index (χ0v) is 12.7. The van der Waals surface area contributed by atoms with E-state index in [-0.39, 0.29) is 0 Å². The molecular weight excluding hydrogens is 260 g/mol. The summed E-state index contributed by atoms with van der Waals surface area (Å²) >= 11 is 0. The molecule has 3 nitrogen and oxygen atoms in total. The normalized spacial score (nSPS) is 16.0. The van der Waals surface area contributed by atoms with Gasteiger partial charge < -0.3 is 4.74 Å². The highest BCUT2D eigenvalue weighted by molar-refractivity contribution is 6.15. The lowest BCUT2D eigenvalue weighted by Crippen LogP contribution is -2.22. The van der Waals surface area contributed by atoms with Crippen molar-refractivity contribution < 1.29 is 4.74 Å². The van der Waals surface area contributed by atoms with Gasteiger partial charge in [0.2, 0.25) is 0 Å². The van der Waals surface area contributed by atoms with Gasteiger partial charge >= 0.3 is 0 Å².